The molecule has 0 aliphatic carbocycles. The van der Waals surface area contributed by atoms with Gasteiger partial charge in [-0.3, -0.25) is 0 Å². The monoisotopic (exact) mass is 285 g/mol. The zero-order valence-corrected chi connectivity index (χ0v) is 12.7. The van der Waals surface area contributed by atoms with Crippen LogP contribution in [-0.4, -0.2) is 16.1 Å². The van der Waals surface area contributed by atoms with E-state index in [0.717, 1.165) is 0 Å². The van der Waals surface area contributed by atoms with Crippen molar-refractivity contribution in [2.24, 2.45) is 0 Å². The second kappa shape index (κ2) is 5.95. The number of ether oxygens (including phenoxy) is 1. The van der Waals surface area contributed by atoms with Crippen molar-refractivity contribution in [3.8, 4) is 11.6 Å². The molecule has 0 spiro atoms. The molecular formula is C17H19NO3. The number of carboxylic acids is 1. The highest BCUT2D eigenvalue weighted by atomic mass is 16.5. The molecule has 1 aromatic carbocycles. The first kappa shape index (κ1) is 15.0. The molecule has 1 N–H and O–H groups in total. The summed E-state index contributed by atoms with van der Waals surface area (Å²) in [5.41, 5.74) is 3.08. The maximum atomic E-state index is 11.0. The molecule has 0 atom stereocenters. The predicted molar refractivity (Wildman–Crippen MR) is 81.3 cm³/mol. The van der Waals surface area contributed by atoms with Crippen LogP contribution in [0.2, 0.25) is 0 Å². The van der Waals surface area contributed by atoms with Gasteiger partial charge in [0.25, 0.3) is 0 Å². The molecule has 0 bridgehead atoms. The Balaban J connectivity index is 2.24. The van der Waals surface area contributed by atoms with E-state index in [-0.39, 0.29) is 5.56 Å². The lowest BCUT2D eigenvalue weighted by molar-refractivity contribution is 0.0695. The van der Waals surface area contributed by atoms with Gasteiger partial charge >= 0.3 is 5.97 Å². The fourth-order valence-corrected chi connectivity index (χ4v) is 2.30. The average Bonchev–Trinajstić information content (AvgIpc) is 2.37. The van der Waals surface area contributed by atoms with Gasteiger partial charge in [-0.25, -0.2) is 9.78 Å². The molecule has 0 unspecified atom stereocenters. The molecule has 2 aromatic rings. The van der Waals surface area contributed by atoms with Crippen LogP contribution in [0.1, 0.15) is 46.9 Å². The van der Waals surface area contributed by atoms with Crippen LogP contribution >= 0.6 is 0 Å². The maximum absolute atomic E-state index is 11.0. The van der Waals surface area contributed by atoms with Crippen molar-refractivity contribution < 1.29 is 14.6 Å². The van der Waals surface area contributed by atoms with Gasteiger partial charge in [0, 0.05) is 6.07 Å². The van der Waals surface area contributed by atoms with Gasteiger partial charge in [0.2, 0.25) is 5.88 Å². The summed E-state index contributed by atoms with van der Waals surface area (Å²) in [5, 5.41) is 8.98. The smallest absolute Gasteiger partial charge is 0.337 e. The van der Waals surface area contributed by atoms with Crippen molar-refractivity contribution in [1.82, 2.24) is 4.98 Å². The van der Waals surface area contributed by atoms with Gasteiger partial charge in [-0.2, -0.15) is 0 Å². The Hall–Kier alpha value is -2.36. The summed E-state index contributed by atoms with van der Waals surface area (Å²) < 4.78 is 5.71. The molecule has 0 fully saturated rings. The minimum absolute atomic E-state index is 0.189. The van der Waals surface area contributed by atoms with E-state index in [1.54, 1.807) is 13.0 Å². The maximum Gasteiger partial charge on any atom is 0.337 e. The van der Waals surface area contributed by atoms with Crippen LogP contribution in [-0.2, 0) is 0 Å². The van der Waals surface area contributed by atoms with Crippen LogP contribution in [0.4, 0.5) is 0 Å². The summed E-state index contributed by atoms with van der Waals surface area (Å²) in [6.07, 6.45) is 0. The Morgan fingerprint density at radius 3 is 2.43 bits per heavy atom. The molecule has 4 nitrogen and oxygen atoms in total. The zero-order valence-electron chi connectivity index (χ0n) is 12.7. The molecule has 21 heavy (non-hydrogen) atoms. The standard InChI is InChI=1S/C17H19NO3/c1-10(2)14-6-5-13(9-11(14)3)21-16-8-7-15(17(19)20)12(4)18-16/h5-10H,1-4H3,(H,19,20). The van der Waals surface area contributed by atoms with Crippen LogP contribution in [0.5, 0.6) is 11.6 Å². The van der Waals surface area contributed by atoms with Crippen molar-refractivity contribution in [1.29, 1.82) is 0 Å². The molecular weight excluding hydrogens is 266 g/mol. The summed E-state index contributed by atoms with van der Waals surface area (Å²) in [4.78, 5) is 15.1. The number of aryl methyl sites for hydroxylation is 2. The first-order valence-corrected chi connectivity index (χ1v) is 6.88. The molecule has 0 saturated heterocycles. The Kier molecular flexibility index (Phi) is 4.26. The summed E-state index contributed by atoms with van der Waals surface area (Å²) in [7, 11) is 0. The van der Waals surface area contributed by atoms with Gasteiger partial charge in [-0.05, 0) is 49.1 Å². The zero-order chi connectivity index (χ0) is 15.6. The lowest BCUT2D eigenvalue weighted by Gasteiger charge is -2.12. The van der Waals surface area contributed by atoms with E-state index in [1.165, 1.54) is 17.2 Å². The normalized spacial score (nSPS) is 10.7. The molecule has 0 aliphatic rings. The molecule has 0 amide bonds. The highest BCUT2D eigenvalue weighted by Crippen LogP contribution is 2.26. The van der Waals surface area contributed by atoms with Gasteiger partial charge in [0.05, 0.1) is 11.3 Å². The minimum atomic E-state index is -0.983. The number of aromatic nitrogens is 1. The van der Waals surface area contributed by atoms with E-state index in [9.17, 15) is 4.79 Å². The van der Waals surface area contributed by atoms with Crippen molar-refractivity contribution in [3.63, 3.8) is 0 Å². The molecule has 0 aliphatic heterocycles. The topological polar surface area (TPSA) is 59.4 Å². The number of hydrogen-bond donors (Lipinski definition) is 1. The largest absolute Gasteiger partial charge is 0.478 e. The predicted octanol–water partition coefficient (Wildman–Crippen LogP) is 4.31. The van der Waals surface area contributed by atoms with Gasteiger partial charge in [-0.1, -0.05) is 19.9 Å². The van der Waals surface area contributed by atoms with Gasteiger partial charge < -0.3 is 9.84 Å². The Morgan fingerprint density at radius 1 is 1.19 bits per heavy atom. The van der Waals surface area contributed by atoms with Crippen molar-refractivity contribution in [2.45, 2.75) is 33.6 Å². The number of hydrogen-bond acceptors (Lipinski definition) is 3. The Bertz CT molecular complexity index is 678. The molecule has 1 heterocycles. The second-order valence-electron chi connectivity index (χ2n) is 5.36. The second-order valence-corrected chi connectivity index (χ2v) is 5.36. The number of rotatable bonds is 4. The quantitative estimate of drug-likeness (QED) is 0.909. The van der Waals surface area contributed by atoms with E-state index in [4.69, 9.17) is 9.84 Å². The molecule has 110 valence electrons. The van der Waals surface area contributed by atoms with Gasteiger partial charge in [0.15, 0.2) is 0 Å². The number of carboxylic acid groups (broad SMARTS) is 1. The lowest BCUT2D eigenvalue weighted by Crippen LogP contribution is -2.02. The van der Waals surface area contributed by atoms with Gasteiger partial charge in [0.1, 0.15) is 5.75 Å². The van der Waals surface area contributed by atoms with E-state index in [2.05, 4.69) is 18.8 Å². The number of aromatic carboxylic acids is 1. The van der Waals surface area contributed by atoms with Crippen LogP contribution in [0, 0.1) is 13.8 Å². The molecule has 4 heteroatoms. The first-order chi connectivity index (χ1) is 9.88. The Morgan fingerprint density at radius 2 is 1.90 bits per heavy atom. The van der Waals surface area contributed by atoms with E-state index >= 15 is 0 Å². The fraction of sp³-hybridized carbons (Fsp3) is 0.294. The third kappa shape index (κ3) is 3.40. The lowest BCUT2D eigenvalue weighted by atomic mass is 9.98. The Labute approximate surface area is 124 Å². The first-order valence-electron chi connectivity index (χ1n) is 6.88. The number of nitrogens with zero attached hydrogens (tertiary/aromatic N) is 1. The summed E-state index contributed by atoms with van der Waals surface area (Å²) in [6, 6.07) is 9.01. The highest BCUT2D eigenvalue weighted by Gasteiger charge is 2.10. The van der Waals surface area contributed by atoms with Crippen LogP contribution in [0.15, 0.2) is 30.3 Å². The third-order valence-electron chi connectivity index (χ3n) is 3.38. The van der Waals surface area contributed by atoms with Crippen molar-refractivity contribution in [2.75, 3.05) is 0 Å². The average molecular weight is 285 g/mol. The molecule has 1 aromatic heterocycles. The van der Waals surface area contributed by atoms with Crippen LogP contribution < -0.4 is 4.74 Å². The van der Waals surface area contributed by atoms with Crippen LogP contribution in [0.3, 0.4) is 0 Å². The summed E-state index contributed by atoms with van der Waals surface area (Å²) in [5.74, 6) is 0.582. The minimum Gasteiger partial charge on any atom is -0.478 e. The number of benzene rings is 1. The third-order valence-corrected chi connectivity index (χ3v) is 3.38. The highest BCUT2D eigenvalue weighted by molar-refractivity contribution is 5.88. The van der Waals surface area contributed by atoms with E-state index < -0.39 is 5.97 Å². The molecule has 2 rings (SSSR count). The van der Waals surface area contributed by atoms with Crippen molar-refractivity contribution >= 4 is 5.97 Å². The summed E-state index contributed by atoms with van der Waals surface area (Å²) in [6.45, 7) is 8.01. The fourth-order valence-electron chi connectivity index (χ4n) is 2.30. The number of pyridine rings is 1. The van der Waals surface area contributed by atoms with E-state index in [0.29, 0.717) is 23.2 Å². The van der Waals surface area contributed by atoms with Gasteiger partial charge in [-0.15, -0.1) is 0 Å². The van der Waals surface area contributed by atoms with Crippen molar-refractivity contribution in [3.05, 3.63) is 52.7 Å². The SMILES string of the molecule is Cc1cc(Oc2ccc(C(=O)O)c(C)n2)ccc1C(C)C. The number of carbonyl (C=O) groups is 1. The summed E-state index contributed by atoms with van der Waals surface area (Å²) >= 11 is 0. The van der Waals surface area contributed by atoms with Crippen LogP contribution in [0.25, 0.3) is 0 Å². The van der Waals surface area contributed by atoms with E-state index in [1.807, 2.05) is 25.1 Å². The molecule has 0 saturated carbocycles. The molecule has 0 radical (unpaired) electrons.